The summed E-state index contributed by atoms with van der Waals surface area (Å²) in [6.45, 7) is 2.82. The summed E-state index contributed by atoms with van der Waals surface area (Å²) in [7, 11) is -1.73. The number of piperazine rings is 1. The second-order valence-corrected chi connectivity index (χ2v) is 9.85. The van der Waals surface area contributed by atoms with Gasteiger partial charge in [-0.05, 0) is 49.1 Å². The molecule has 4 aliphatic rings. The second-order valence-electron chi connectivity index (χ2n) is 8.81. The van der Waals surface area contributed by atoms with Gasteiger partial charge in [0, 0.05) is 32.7 Å². The first-order valence-electron chi connectivity index (χ1n) is 12.0. The highest BCUT2D eigenvalue weighted by atomic mass is 32.2. The zero-order valence-electron chi connectivity index (χ0n) is 19.4. The van der Waals surface area contributed by atoms with Gasteiger partial charge in [0.15, 0.2) is 11.5 Å². The van der Waals surface area contributed by atoms with Gasteiger partial charge in [-0.2, -0.15) is 0 Å². The van der Waals surface area contributed by atoms with Crippen LogP contribution in [-0.2, 0) is 17.4 Å². The van der Waals surface area contributed by atoms with Crippen LogP contribution in [0.5, 0.6) is 0 Å². The summed E-state index contributed by atoms with van der Waals surface area (Å²) < 4.78 is 12.1. The molecule has 0 spiro atoms. The Morgan fingerprint density at radius 2 is 1.56 bits per heavy atom. The van der Waals surface area contributed by atoms with Crippen LogP contribution in [0.2, 0.25) is 0 Å². The zero-order chi connectivity index (χ0) is 23.9. The minimum Gasteiger partial charge on any atom is -0.352 e. The van der Waals surface area contributed by atoms with Gasteiger partial charge < -0.3 is 15.1 Å². The van der Waals surface area contributed by atoms with Gasteiger partial charge in [-0.1, -0.05) is 31.7 Å². The van der Waals surface area contributed by atoms with Gasteiger partial charge in [0.25, 0.3) is 11.8 Å². The monoisotopic (exact) mass is 484 g/mol. The van der Waals surface area contributed by atoms with E-state index in [0.29, 0.717) is 54.7 Å². The maximum absolute atomic E-state index is 13.3. The fourth-order valence-corrected chi connectivity index (χ4v) is 5.02. The third-order valence-corrected chi connectivity index (χ3v) is 7.23. The highest BCUT2D eigenvalue weighted by molar-refractivity contribution is 7.82. The average Bonchev–Trinajstić information content (AvgIpc) is 2.86. The SMILES string of the molecule is NS(=O)c1ccc2cc1C(=O)N1CCN(CC1)c1ccc(nn1)C(=O)NCCCCCCCC2. The molecule has 2 aromatic rings. The molecule has 0 saturated carbocycles. The number of rotatable bonds is 1. The summed E-state index contributed by atoms with van der Waals surface area (Å²) in [5, 5.41) is 16.9. The predicted molar refractivity (Wildman–Crippen MR) is 131 cm³/mol. The third-order valence-electron chi connectivity index (χ3n) is 6.44. The number of nitrogens with zero attached hydrogens (tertiary/aromatic N) is 4. The minimum absolute atomic E-state index is 0.143. The molecule has 4 aliphatic heterocycles. The van der Waals surface area contributed by atoms with Gasteiger partial charge in [0.2, 0.25) is 0 Å². The smallest absolute Gasteiger partial charge is 0.271 e. The minimum atomic E-state index is -1.73. The summed E-state index contributed by atoms with van der Waals surface area (Å²) in [4.78, 5) is 29.9. The highest BCUT2D eigenvalue weighted by Crippen LogP contribution is 2.21. The number of aromatic nitrogens is 2. The van der Waals surface area contributed by atoms with Crippen LogP contribution in [0.3, 0.4) is 0 Å². The van der Waals surface area contributed by atoms with E-state index in [-0.39, 0.29) is 11.8 Å². The first-order chi connectivity index (χ1) is 16.5. The molecule has 1 aromatic carbocycles. The van der Waals surface area contributed by atoms with Crippen LogP contribution >= 0.6 is 0 Å². The van der Waals surface area contributed by atoms with Crippen molar-refractivity contribution < 1.29 is 13.8 Å². The zero-order valence-corrected chi connectivity index (χ0v) is 20.2. The van der Waals surface area contributed by atoms with E-state index in [9.17, 15) is 13.8 Å². The molecule has 1 saturated heterocycles. The van der Waals surface area contributed by atoms with Gasteiger partial charge in [0.1, 0.15) is 11.0 Å². The van der Waals surface area contributed by atoms with Gasteiger partial charge in [-0.25, -0.2) is 9.35 Å². The van der Waals surface area contributed by atoms with Crippen LogP contribution in [-0.4, -0.2) is 63.8 Å². The first kappa shape index (κ1) is 24.3. The molecule has 10 heteroatoms. The summed E-state index contributed by atoms with van der Waals surface area (Å²) in [5.41, 5.74) is 1.81. The number of benzene rings is 1. The van der Waals surface area contributed by atoms with Crippen molar-refractivity contribution in [2.45, 2.75) is 49.8 Å². The van der Waals surface area contributed by atoms with Crippen molar-refractivity contribution in [3.8, 4) is 0 Å². The Bertz CT molecular complexity index is 1040. The van der Waals surface area contributed by atoms with Gasteiger partial charge in [0.05, 0.1) is 10.5 Å². The molecule has 1 aromatic heterocycles. The van der Waals surface area contributed by atoms with E-state index >= 15 is 0 Å². The predicted octanol–water partition coefficient (Wildman–Crippen LogP) is 2.05. The van der Waals surface area contributed by atoms with E-state index in [2.05, 4.69) is 15.5 Å². The number of nitrogens with one attached hydrogen (secondary N) is 1. The van der Waals surface area contributed by atoms with E-state index in [1.54, 1.807) is 23.1 Å². The number of anilines is 1. The number of carbonyl (C=O) groups is 2. The Morgan fingerprint density at radius 1 is 0.853 bits per heavy atom. The van der Waals surface area contributed by atoms with Gasteiger partial charge in [-0.3, -0.25) is 9.59 Å². The third kappa shape index (κ3) is 5.98. The molecule has 1 atom stereocenters. The Kier molecular flexibility index (Phi) is 8.23. The number of fused-ring (bicyclic) bond motifs is 2. The Morgan fingerprint density at radius 3 is 2.26 bits per heavy atom. The van der Waals surface area contributed by atoms with Crippen LogP contribution in [0.1, 0.15) is 64.9 Å². The molecular formula is C24H32N6O3S. The van der Waals surface area contributed by atoms with Crippen molar-refractivity contribution in [3.63, 3.8) is 0 Å². The van der Waals surface area contributed by atoms with Crippen LogP contribution in [0.25, 0.3) is 0 Å². The lowest BCUT2D eigenvalue weighted by molar-refractivity contribution is 0.0742. The molecule has 0 aliphatic carbocycles. The molecule has 6 bridgehead atoms. The molecule has 3 N–H and O–H groups in total. The Labute approximate surface area is 202 Å². The summed E-state index contributed by atoms with van der Waals surface area (Å²) in [6.07, 6.45) is 7.24. The summed E-state index contributed by atoms with van der Waals surface area (Å²) >= 11 is 0. The van der Waals surface area contributed by atoms with Crippen LogP contribution in [0, 0.1) is 0 Å². The van der Waals surface area contributed by atoms with E-state index in [4.69, 9.17) is 5.14 Å². The van der Waals surface area contributed by atoms with Crippen LogP contribution < -0.4 is 15.4 Å². The lowest BCUT2D eigenvalue weighted by Gasteiger charge is -2.35. The highest BCUT2D eigenvalue weighted by Gasteiger charge is 2.26. The van der Waals surface area contributed by atoms with Crippen molar-refractivity contribution in [2.75, 3.05) is 37.6 Å². The van der Waals surface area contributed by atoms with Crippen LogP contribution in [0.15, 0.2) is 35.2 Å². The maximum atomic E-state index is 13.3. The number of hydrogen-bond donors (Lipinski definition) is 2. The molecule has 2 amide bonds. The first-order valence-corrected chi connectivity index (χ1v) is 13.2. The van der Waals surface area contributed by atoms with Crippen molar-refractivity contribution in [1.82, 2.24) is 20.4 Å². The number of aryl methyl sites for hydroxylation is 1. The fourth-order valence-electron chi connectivity index (χ4n) is 4.45. The van der Waals surface area contributed by atoms with Crippen molar-refractivity contribution in [2.24, 2.45) is 5.14 Å². The molecule has 9 nitrogen and oxygen atoms in total. The molecule has 1 unspecified atom stereocenters. The van der Waals surface area contributed by atoms with Gasteiger partial charge >= 0.3 is 0 Å². The summed E-state index contributed by atoms with van der Waals surface area (Å²) in [6, 6.07) is 9.02. The molecular weight excluding hydrogens is 452 g/mol. The lowest BCUT2D eigenvalue weighted by atomic mass is 10.0. The molecule has 0 radical (unpaired) electrons. The molecule has 5 heterocycles. The number of nitrogens with two attached hydrogens (primary N) is 1. The molecule has 34 heavy (non-hydrogen) atoms. The standard InChI is InChI=1S/C24H32N6O3S/c25-34(33)21-10-8-18-7-5-3-1-2-4-6-12-26-23(31)20-9-11-22(28-27-20)29-13-15-30(16-14-29)24(32)19(21)17-18/h8-11,17H,1-7,12-16,25H2,(H,26,31). The quantitative estimate of drug-likeness (QED) is 0.639. The number of hydrogen-bond acceptors (Lipinski definition) is 6. The lowest BCUT2D eigenvalue weighted by Crippen LogP contribution is -2.49. The maximum Gasteiger partial charge on any atom is 0.271 e. The topological polar surface area (TPSA) is 122 Å². The number of amides is 2. The summed E-state index contributed by atoms with van der Waals surface area (Å²) in [5.74, 6) is 0.331. The molecule has 6 rings (SSSR count). The fraction of sp³-hybridized carbons (Fsp3) is 0.500. The van der Waals surface area contributed by atoms with E-state index in [1.165, 1.54) is 0 Å². The average molecular weight is 485 g/mol. The second kappa shape index (κ2) is 11.5. The normalized spacial score (nSPS) is 19.3. The Hall–Kier alpha value is -2.85. The van der Waals surface area contributed by atoms with E-state index in [1.807, 2.05) is 17.0 Å². The van der Waals surface area contributed by atoms with Crippen molar-refractivity contribution in [1.29, 1.82) is 0 Å². The number of carbonyl (C=O) groups excluding carboxylic acids is 2. The van der Waals surface area contributed by atoms with Crippen LogP contribution in [0.4, 0.5) is 5.82 Å². The van der Waals surface area contributed by atoms with Crippen molar-refractivity contribution >= 4 is 28.6 Å². The van der Waals surface area contributed by atoms with E-state index < -0.39 is 11.0 Å². The molecule has 1 fully saturated rings. The van der Waals surface area contributed by atoms with E-state index in [0.717, 1.165) is 50.5 Å². The Balaban J connectivity index is 1.53. The largest absolute Gasteiger partial charge is 0.352 e. The molecule has 182 valence electrons. The van der Waals surface area contributed by atoms with Gasteiger partial charge in [-0.15, -0.1) is 10.2 Å². The van der Waals surface area contributed by atoms with Crippen molar-refractivity contribution in [3.05, 3.63) is 47.2 Å².